The standard InChI is InChI=1S/C30H33N5O2.C12H18N2OS.CH4O/c1-35(15-11-22-4-2-3-5-24(22)20-35)19-21-9-13-34(14-10-21)25-6-7-27(29(31)36)28(17-25)37-26-16-23-8-12-32-30(23)33-18-26;13-11-7-10(16)1-2-12(11)14-8-9-3-5-15-6-4-9;1-2/h2-8,12,16-18,21H,9-11,13-15,19-20H2,1H3,(H2-,31,32,33,36);1-2,7,9,14,16H,3-6,8,13H2;2H,1H3/p+1. The number of carbonyl (C=O) groups is 1. The number of aliphatic hydroxyl groups excluding tert-OH is 1. The molecule has 1 atom stereocenters. The summed E-state index contributed by atoms with van der Waals surface area (Å²) in [5, 5.41) is 11.3. The van der Waals surface area contributed by atoms with Gasteiger partial charge in [-0.2, -0.15) is 0 Å². The highest BCUT2D eigenvalue weighted by atomic mass is 32.1. The Labute approximate surface area is 330 Å². The zero-order chi connectivity index (χ0) is 38.8. The molecule has 3 aliphatic rings. The van der Waals surface area contributed by atoms with Gasteiger partial charge in [0.2, 0.25) is 0 Å². The van der Waals surface area contributed by atoms with E-state index in [9.17, 15) is 4.79 Å². The number of pyridine rings is 1. The molecule has 2 saturated heterocycles. The summed E-state index contributed by atoms with van der Waals surface area (Å²) in [6.07, 6.45) is 9.27. The maximum atomic E-state index is 12.1. The fourth-order valence-corrected chi connectivity index (χ4v) is 8.22. The molecule has 8 rings (SSSR count). The summed E-state index contributed by atoms with van der Waals surface area (Å²) in [6.45, 7) is 8.31. The van der Waals surface area contributed by atoms with E-state index in [1.165, 1.54) is 30.6 Å². The number of primary amides is 1. The molecule has 7 N–H and O–H groups in total. The number of ether oxygens (including phenoxy) is 2. The lowest BCUT2D eigenvalue weighted by Crippen LogP contribution is -2.51. The van der Waals surface area contributed by atoms with E-state index in [-0.39, 0.29) is 0 Å². The van der Waals surface area contributed by atoms with Crippen molar-refractivity contribution in [3.05, 3.63) is 102 Å². The van der Waals surface area contributed by atoms with Crippen molar-refractivity contribution in [1.29, 1.82) is 0 Å². The number of nitrogens with two attached hydrogens (primary N) is 2. The van der Waals surface area contributed by atoms with Crippen molar-refractivity contribution in [2.45, 2.75) is 43.5 Å². The number of H-pyrrole nitrogens is 1. The zero-order valence-electron chi connectivity index (χ0n) is 32.0. The van der Waals surface area contributed by atoms with Crippen LogP contribution in [0.1, 0.15) is 47.2 Å². The van der Waals surface area contributed by atoms with E-state index >= 15 is 0 Å². The smallest absolute Gasteiger partial charge is 0.252 e. The van der Waals surface area contributed by atoms with Crippen molar-refractivity contribution >= 4 is 46.6 Å². The van der Waals surface area contributed by atoms with E-state index in [0.29, 0.717) is 28.9 Å². The number of aromatic amines is 1. The lowest BCUT2D eigenvalue weighted by atomic mass is 9.92. The second kappa shape index (κ2) is 18.7. The lowest BCUT2D eigenvalue weighted by Gasteiger charge is -2.43. The molecule has 2 fully saturated rings. The van der Waals surface area contributed by atoms with Gasteiger partial charge in [0.1, 0.15) is 23.7 Å². The number of thiol groups is 1. The second-order valence-electron chi connectivity index (χ2n) is 15.1. The normalized spacial score (nSPS) is 18.7. The van der Waals surface area contributed by atoms with Crippen molar-refractivity contribution in [3.8, 4) is 11.5 Å². The molecule has 1 unspecified atom stereocenters. The SMILES string of the molecule is CO.C[N+]1(CC2CCN(c3ccc(C(N)=O)c(Oc4cnc5[nH]ccc5c4)c3)CC2)CCc2ccccc2C1.Nc1cc(S)ccc1NCC1CCOCC1. The number of nitrogens with one attached hydrogen (secondary N) is 2. The molecule has 3 aromatic carbocycles. The largest absolute Gasteiger partial charge is 0.455 e. The van der Waals surface area contributed by atoms with Gasteiger partial charge in [-0.3, -0.25) is 4.79 Å². The number of nitrogens with zero attached hydrogens (tertiary/aromatic N) is 3. The number of carbonyl (C=O) groups excluding carboxylic acids is 1. The number of benzene rings is 3. The molecule has 11 nitrogen and oxygen atoms in total. The first-order valence-electron chi connectivity index (χ1n) is 19.3. The summed E-state index contributed by atoms with van der Waals surface area (Å²) in [7, 11) is 3.42. The number of amides is 1. The number of likely N-dealkylation sites (N-methyl/N-ethyl adjacent to an activating group) is 1. The topological polar surface area (TPSA) is 152 Å². The molecule has 0 bridgehead atoms. The third kappa shape index (κ3) is 10.5. The average molecular weight is 767 g/mol. The van der Waals surface area contributed by atoms with Crippen molar-refractivity contribution in [3.63, 3.8) is 0 Å². The number of quaternary nitrogens is 1. The van der Waals surface area contributed by atoms with Gasteiger partial charge in [-0.1, -0.05) is 24.3 Å². The fourth-order valence-electron chi connectivity index (χ4n) is 8.00. The third-order valence-corrected chi connectivity index (χ3v) is 11.3. The zero-order valence-corrected chi connectivity index (χ0v) is 32.9. The van der Waals surface area contributed by atoms with Crippen LogP contribution in [0.3, 0.4) is 0 Å². The minimum absolute atomic E-state index is 0.371. The Morgan fingerprint density at radius 2 is 1.78 bits per heavy atom. The Morgan fingerprint density at radius 3 is 2.53 bits per heavy atom. The molecule has 2 aromatic heterocycles. The van der Waals surface area contributed by atoms with E-state index in [0.717, 1.165) is 110 Å². The van der Waals surface area contributed by atoms with Crippen LogP contribution in [0.25, 0.3) is 11.0 Å². The van der Waals surface area contributed by atoms with Gasteiger partial charge in [-0.25, -0.2) is 4.98 Å². The summed E-state index contributed by atoms with van der Waals surface area (Å²) in [5.41, 5.74) is 18.6. The summed E-state index contributed by atoms with van der Waals surface area (Å²) >= 11 is 4.25. The molecule has 5 heterocycles. The van der Waals surface area contributed by atoms with Crippen LogP contribution in [0.2, 0.25) is 0 Å². The molecule has 5 aromatic rings. The van der Waals surface area contributed by atoms with Gasteiger partial charge in [-0.05, 0) is 79.6 Å². The molecule has 0 spiro atoms. The average Bonchev–Trinajstić information content (AvgIpc) is 3.67. The molecule has 3 aliphatic heterocycles. The first kappa shape index (κ1) is 39.9. The van der Waals surface area contributed by atoms with Crippen LogP contribution < -0.4 is 26.4 Å². The van der Waals surface area contributed by atoms with Crippen molar-refractivity contribution in [2.24, 2.45) is 17.6 Å². The third-order valence-electron chi connectivity index (χ3n) is 11.1. The predicted molar refractivity (Wildman–Crippen MR) is 224 cm³/mol. The fraction of sp³-hybridized carbons (Fsp3) is 0.395. The summed E-state index contributed by atoms with van der Waals surface area (Å²) in [6, 6.07) is 24.3. The number of hydrogen-bond donors (Lipinski definition) is 6. The van der Waals surface area contributed by atoms with E-state index in [1.807, 2.05) is 48.7 Å². The van der Waals surface area contributed by atoms with Gasteiger partial charge in [0.15, 0.2) is 0 Å². The number of fused-ring (bicyclic) bond motifs is 2. The number of hydrogen-bond acceptors (Lipinski definition) is 9. The Balaban J connectivity index is 0.000000239. The second-order valence-corrected chi connectivity index (χ2v) is 15.6. The number of aliphatic hydroxyl groups is 1. The number of nitrogen functional groups attached to an aromatic ring is 1. The molecule has 1 amide bonds. The molecule has 292 valence electrons. The van der Waals surface area contributed by atoms with Crippen molar-refractivity contribution in [1.82, 2.24) is 9.97 Å². The highest BCUT2D eigenvalue weighted by Crippen LogP contribution is 2.34. The Hall–Kier alpha value is -4.75. The molecular formula is C43H56N7O4S+. The summed E-state index contributed by atoms with van der Waals surface area (Å²) in [5.74, 6) is 1.95. The van der Waals surface area contributed by atoms with Gasteiger partial charge in [-0.15, -0.1) is 12.6 Å². The van der Waals surface area contributed by atoms with E-state index < -0.39 is 5.91 Å². The van der Waals surface area contributed by atoms with Crippen LogP contribution in [0.4, 0.5) is 17.1 Å². The lowest BCUT2D eigenvalue weighted by molar-refractivity contribution is -0.927. The van der Waals surface area contributed by atoms with Crippen LogP contribution in [0.15, 0.2) is 90.1 Å². The van der Waals surface area contributed by atoms with Crippen molar-refractivity contribution in [2.75, 3.05) is 76.0 Å². The molecular weight excluding hydrogens is 711 g/mol. The monoisotopic (exact) mass is 766 g/mol. The van der Waals surface area contributed by atoms with Crippen LogP contribution in [-0.2, 0) is 17.7 Å². The minimum atomic E-state index is -0.504. The number of anilines is 3. The van der Waals surface area contributed by atoms with Crippen molar-refractivity contribution < 1.29 is 23.9 Å². The molecule has 0 radical (unpaired) electrons. The molecule has 0 saturated carbocycles. The minimum Gasteiger partial charge on any atom is -0.455 e. The van der Waals surface area contributed by atoms with Crippen LogP contribution in [0, 0.1) is 11.8 Å². The molecule has 12 heteroatoms. The quantitative estimate of drug-likeness (QED) is 0.0540. The first-order valence-corrected chi connectivity index (χ1v) is 19.7. The predicted octanol–water partition coefficient (Wildman–Crippen LogP) is 6.88. The first-order chi connectivity index (χ1) is 26.7. The van der Waals surface area contributed by atoms with E-state index in [2.05, 4.69) is 64.1 Å². The van der Waals surface area contributed by atoms with Gasteiger partial charge in [0, 0.05) is 86.1 Å². The van der Waals surface area contributed by atoms with Crippen LogP contribution in [0.5, 0.6) is 11.5 Å². The van der Waals surface area contributed by atoms with Crippen LogP contribution >= 0.6 is 12.6 Å². The number of rotatable bonds is 9. The number of aromatic nitrogens is 2. The van der Waals surface area contributed by atoms with Gasteiger partial charge in [0.25, 0.3) is 5.91 Å². The van der Waals surface area contributed by atoms with Crippen LogP contribution in [-0.4, -0.2) is 85.6 Å². The van der Waals surface area contributed by atoms with Gasteiger partial charge >= 0.3 is 0 Å². The van der Waals surface area contributed by atoms with E-state index in [1.54, 1.807) is 12.3 Å². The Morgan fingerprint density at radius 1 is 1.02 bits per heavy atom. The Kier molecular flexibility index (Phi) is 13.6. The highest BCUT2D eigenvalue weighted by molar-refractivity contribution is 7.80. The highest BCUT2D eigenvalue weighted by Gasteiger charge is 2.33. The number of piperidine rings is 1. The van der Waals surface area contributed by atoms with Gasteiger partial charge in [0.05, 0.1) is 43.3 Å². The Bertz CT molecular complexity index is 2030. The van der Waals surface area contributed by atoms with Gasteiger partial charge < -0.3 is 45.7 Å². The summed E-state index contributed by atoms with van der Waals surface area (Å²) < 4.78 is 12.6. The maximum Gasteiger partial charge on any atom is 0.252 e. The summed E-state index contributed by atoms with van der Waals surface area (Å²) in [4.78, 5) is 22.9. The molecule has 0 aliphatic carbocycles. The maximum absolute atomic E-state index is 12.1. The molecule has 55 heavy (non-hydrogen) atoms. The van der Waals surface area contributed by atoms with E-state index in [4.69, 9.17) is 26.0 Å².